The summed E-state index contributed by atoms with van der Waals surface area (Å²) in [6.07, 6.45) is 3.40. The largest absolute Gasteiger partial charge is 0.378 e. The Bertz CT molecular complexity index is 738. The van der Waals surface area contributed by atoms with Gasteiger partial charge in [-0.3, -0.25) is 14.5 Å². The van der Waals surface area contributed by atoms with Gasteiger partial charge in [0.05, 0.1) is 24.2 Å². The first-order valence-electron chi connectivity index (χ1n) is 8.34. The lowest BCUT2D eigenvalue weighted by Gasteiger charge is -2.29. The number of benzene rings is 1. The van der Waals surface area contributed by atoms with E-state index in [1.807, 2.05) is 13.0 Å². The van der Waals surface area contributed by atoms with Gasteiger partial charge < -0.3 is 9.64 Å². The highest BCUT2D eigenvalue weighted by molar-refractivity contribution is 8.18. The minimum absolute atomic E-state index is 0.244. The number of imide groups is 1. The molecule has 0 N–H and O–H groups in total. The maximum Gasteiger partial charge on any atom is 0.294 e. The van der Waals surface area contributed by atoms with Crippen molar-refractivity contribution in [3.63, 3.8) is 0 Å². The maximum absolute atomic E-state index is 12.5. The van der Waals surface area contributed by atoms with Crippen LogP contribution in [0.1, 0.15) is 18.1 Å². The van der Waals surface area contributed by atoms with E-state index in [4.69, 9.17) is 4.74 Å². The number of carbonyl (C=O) groups is 2. The molecule has 1 aromatic carbocycles. The third-order valence-corrected chi connectivity index (χ3v) is 5.37. The first kappa shape index (κ1) is 17.8. The van der Waals surface area contributed by atoms with Gasteiger partial charge in [-0.1, -0.05) is 12.1 Å². The molecule has 25 heavy (non-hydrogen) atoms. The normalized spacial score (nSPS) is 21.1. The number of carbonyl (C=O) groups excluding carboxylic acids is 2. The minimum Gasteiger partial charge on any atom is -0.378 e. The van der Waals surface area contributed by atoms with Crippen LogP contribution in [0.15, 0.2) is 35.8 Å². The number of nitrogens with zero attached hydrogens (tertiary/aromatic N) is 2. The van der Waals surface area contributed by atoms with Crippen LogP contribution in [0.3, 0.4) is 0 Å². The highest BCUT2D eigenvalue weighted by Crippen LogP contribution is 2.34. The standard InChI is InChI=1S/C19H22N2O3S/c1-4-14(3)21-18(22)17(25-19(21)23)12-15-5-6-16(11-13(15)2)20-7-9-24-10-8-20/h4-6,11-12,14H,1,7-10H2,2-3H3/b17-12-/t14-/m1/s1. The molecule has 3 rings (SSSR count). The van der Waals surface area contributed by atoms with Crippen molar-refractivity contribution in [1.29, 1.82) is 0 Å². The number of thioether (sulfide) groups is 1. The number of rotatable bonds is 4. The second kappa shape index (κ2) is 7.45. The van der Waals surface area contributed by atoms with Gasteiger partial charge in [-0.25, -0.2) is 0 Å². The van der Waals surface area contributed by atoms with E-state index in [2.05, 4.69) is 23.6 Å². The van der Waals surface area contributed by atoms with Crippen LogP contribution in [0.25, 0.3) is 6.08 Å². The Balaban J connectivity index is 1.82. The predicted molar refractivity (Wildman–Crippen MR) is 102 cm³/mol. The Morgan fingerprint density at radius 3 is 2.64 bits per heavy atom. The van der Waals surface area contributed by atoms with Crippen molar-refractivity contribution >= 4 is 34.7 Å². The van der Waals surface area contributed by atoms with Crippen molar-refractivity contribution in [3.05, 3.63) is 46.9 Å². The highest BCUT2D eigenvalue weighted by atomic mass is 32.2. The Morgan fingerprint density at radius 1 is 1.28 bits per heavy atom. The molecule has 6 heteroatoms. The summed E-state index contributed by atoms with van der Waals surface area (Å²) in [4.78, 5) is 28.6. The quantitative estimate of drug-likeness (QED) is 0.609. The van der Waals surface area contributed by atoms with Crippen molar-refractivity contribution < 1.29 is 14.3 Å². The Labute approximate surface area is 152 Å². The average molecular weight is 358 g/mol. The summed E-state index contributed by atoms with van der Waals surface area (Å²) in [7, 11) is 0. The molecule has 0 saturated carbocycles. The molecule has 0 aromatic heterocycles. The second-order valence-corrected chi connectivity index (χ2v) is 7.16. The summed E-state index contributed by atoms with van der Waals surface area (Å²) in [5.41, 5.74) is 3.19. The van der Waals surface area contributed by atoms with Crippen LogP contribution in [0.2, 0.25) is 0 Å². The van der Waals surface area contributed by atoms with Gasteiger partial charge in [0.15, 0.2) is 0 Å². The van der Waals surface area contributed by atoms with Crippen molar-refractivity contribution in [3.8, 4) is 0 Å². The summed E-state index contributed by atoms with van der Waals surface area (Å²) >= 11 is 0.985. The molecular formula is C19H22N2O3S. The van der Waals surface area contributed by atoms with E-state index in [9.17, 15) is 9.59 Å². The summed E-state index contributed by atoms with van der Waals surface area (Å²) < 4.78 is 5.39. The van der Waals surface area contributed by atoms with Crippen LogP contribution in [0, 0.1) is 6.92 Å². The lowest BCUT2D eigenvalue weighted by molar-refractivity contribution is -0.123. The van der Waals surface area contributed by atoms with E-state index in [0.717, 1.165) is 54.9 Å². The molecule has 0 aliphatic carbocycles. The molecule has 0 bridgehead atoms. The van der Waals surface area contributed by atoms with Gasteiger partial charge in [0.2, 0.25) is 0 Å². The predicted octanol–water partition coefficient (Wildman–Crippen LogP) is 3.44. The van der Waals surface area contributed by atoms with Gasteiger partial charge in [0.25, 0.3) is 11.1 Å². The topological polar surface area (TPSA) is 49.9 Å². The fourth-order valence-corrected chi connectivity index (χ4v) is 3.82. The van der Waals surface area contributed by atoms with Crippen molar-refractivity contribution in [2.45, 2.75) is 19.9 Å². The maximum atomic E-state index is 12.5. The van der Waals surface area contributed by atoms with Gasteiger partial charge in [-0.05, 0) is 54.9 Å². The molecule has 2 aliphatic heterocycles. The number of morpholine rings is 1. The lowest BCUT2D eigenvalue weighted by Crippen LogP contribution is -2.36. The fourth-order valence-electron chi connectivity index (χ4n) is 2.92. The number of hydrogen-bond acceptors (Lipinski definition) is 5. The molecule has 1 aromatic rings. The van der Waals surface area contributed by atoms with Crippen LogP contribution in [0.5, 0.6) is 0 Å². The first-order chi connectivity index (χ1) is 12.0. The zero-order chi connectivity index (χ0) is 18.0. The number of hydrogen-bond donors (Lipinski definition) is 0. The summed E-state index contributed by atoms with van der Waals surface area (Å²) in [5, 5.41) is -0.244. The van der Waals surface area contributed by atoms with Crippen molar-refractivity contribution in [1.82, 2.24) is 4.90 Å². The third kappa shape index (κ3) is 3.65. The highest BCUT2D eigenvalue weighted by Gasteiger charge is 2.37. The SMILES string of the molecule is C=C[C@@H](C)N1C(=O)S/C(=C\c2ccc(N3CCOCC3)cc2C)C1=O. The second-order valence-electron chi connectivity index (χ2n) is 6.17. The number of aryl methyl sites for hydroxylation is 1. The van der Waals surface area contributed by atoms with Gasteiger partial charge in [-0.15, -0.1) is 6.58 Å². The molecule has 5 nitrogen and oxygen atoms in total. The van der Waals surface area contributed by atoms with Crippen LogP contribution >= 0.6 is 11.8 Å². The van der Waals surface area contributed by atoms with E-state index >= 15 is 0 Å². The Kier molecular flexibility index (Phi) is 5.30. The molecular weight excluding hydrogens is 336 g/mol. The minimum atomic E-state index is -0.303. The molecule has 2 fully saturated rings. The first-order valence-corrected chi connectivity index (χ1v) is 9.16. The average Bonchev–Trinajstić information content (AvgIpc) is 2.90. The summed E-state index contributed by atoms with van der Waals surface area (Å²) in [6.45, 7) is 10.7. The van der Waals surface area contributed by atoms with Gasteiger partial charge in [-0.2, -0.15) is 0 Å². The van der Waals surface area contributed by atoms with E-state index < -0.39 is 0 Å². The molecule has 2 amide bonds. The van der Waals surface area contributed by atoms with Gasteiger partial charge in [0.1, 0.15) is 0 Å². The van der Waals surface area contributed by atoms with Crippen molar-refractivity contribution in [2.24, 2.45) is 0 Å². The number of anilines is 1. The molecule has 2 heterocycles. The smallest absolute Gasteiger partial charge is 0.294 e. The van der Waals surface area contributed by atoms with Gasteiger partial charge >= 0.3 is 0 Å². The molecule has 132 valence electrons. The Morgan fingerprint density at radius 2 is 2.00 bits per heavy atom. The zero-order valence-corrected chi connectivity index (χ0v) is 15.3. The Hall–Kier alpha value is -2.05. The van der Waals surface area contributed by atoms with Crippen molar-refractivity contribution in [2.75, 3.05) is 31.2 Å². The molecule has 0 radical (unpaired) electrons. The number of ether oxygens (including phenoxy) is 1. The fraction of sp³-hybridized carbons (Fsp3) is 0.368. The van der Waals surface area contributed by atoms with Crippen LogP contribution in [-0.4, -0.2) is 48.4 Å². The van der Waals surface area contributed by atoms with Crippen LogP contribution in [0.4, 0.5) is 10.5 Å². The van der Waals surface area contributed by atoms with E-state index in [1.165, 1.54) is 4.90 Å². The van der Waals surface area contributed by atoms with Crippen LogP contribution in [-0.2, 0) is 9.53 Å². The lowest BCUT2D eigenvalue weighted by atomic mass is 10.1. The number of amides is 2. The van der Waals surface area contributed by atoms with Crippen LogP contribution < -0.4 is 4.90 Å². The van der Waals surface area contributed by atoms with E-state index in [0.29, 0.717) is 4.91 Å². The molecule has 2 aliphatic rings. The monoisotopic (exact) mass is 358 g/mol. The molecule has 0 spiro atoms. The van der Waals surface area contributed by atoms with Gasteiger partial charge in [0, 0.05) is 18.8 Å². The summed E-state index contributed by atoms with van der Waals surface area (Å²) in [6, 6.07) is 5.88. The van der Waals surface area contributed by atoms with E-state index in [-0.39, 0.29) is 17.2 Å². The molecule has 2 saturated heterocycles. The molecule has 0 unspecified atom stereocenters. The van der Waals surface area contributed by atoms with E-state index in [1.54, 1.807) is 19.1 Å². The molecule has 1 atom stereocenters. The zero-order valence-electron chi connectivity index (χ0n) is 14.5. The third-order valence-electron chi connectivity index (χ3n) is 4.49. The summed E-state index contributed by atoms with van der Waals surface area (Å²) in [5.74, 6) is -0.251.